The second-order valence-electron chi connectivity index (χ2n) is 8.30. The summed E-state index contributed by atoms with van der Waals surface area (Å²) in [7, 11) is 1.61. The molecule has 168 valence electrons. The zero-order valence-electron chi connectivity index (χ0n) is 19.4. The van der Waals surface area contributed by atoms with Crippen LogP contribution in [-0.4, -0.2) is 43.0 Å². The third-order valence-electron chi connectivity index (χ3n) is 4.92. The first-order valence-electron chi connectivity index (χ1n) is 10.6. The van der Waals surface area contributed by atoms with Crippen molar-refractivity contribution in [3.8, 4) is 11.5 Å². The van der Waals surface area contributed by atoms with Crippen molar-refractivity contribution in [2.75, 3.05) is 20.3 Å². The second kappa shape index (κ2) is 11.4. The second-order valence-corrected chi connectivity index (χ2v) is 8.30. The van der Waals surface area contributed by atoms with Crippen LogP contribution in [0.4, 0.5) is 0 Å². The van der Waals surface area contributed by atoms with Crippen LogP contribution in [0.1, 0.15) is 37.5 Å². The lowest BCUT2D eigenvalue weighted by atomic mass is 10.1. The molecule has 2 rings (SSSR count). The van der Waals surface area contributed by atoms with E-state index < -0.39 is 6.04 Å². The average molecular weight is 427 g/mol. The highest BCUT2D eigenvalue weighted by Gasteiger charge is 2.26. The van der Waals surface area contributed by atoms with Crippen LogP contribution in [-0.2, 0) is 16.1 Å². The first-order valence-corrected chi connectivity index (χ1v) is 10.6. The maximum absolute atomic E-state index is 13.1. The quantitative estimate of drug-likeness (QED) is 0.626. The van der Waals surface area contributed by atoms with Gasteiger partial charge in [-0.05, 0) is 67.6 Å². The SMILES string of the molecule is COc1ccc(CN(C(=O)COc2cc(C)cc(C)c2)C(C)C(=O)NCC(C)C)cc1. The summed E-state index contributed by atoms with van der Waals surface area (Å²) in [4.78, 5) is 27.3. The van der Waals surface area contributed by atoms with Gasteiger partial charge in [0.2, 0.25) is 5.91 Å². The average Bonchev–Trinajstić information content (AvgIpc) is 2.73. The number of carbonyl (C=O) groups is 2. The molecule has 0 radical (unpaired) electrons. The summed E-state index contributed by atoms with van der Waals surface area (Å²) in [6.07, 6.45) is 0. The Kier molecular flexibility index (Phi) is 8.91. The molecule has 0 aliphatic heterocycles. The molecule has 0 aliphatic carbocycles. The molecule has 1 atom stereocenters. The molecular formula is C25H34N2O4. The van der Waals surface area contributed by atoms with Gasteiger partial charge in [0.05, 0.1) is 7.11 Å². The fraction of sp³-hybridized carbons (Fsp3) is 0.440. The minimum absolute atomic E-state index is 0.138. The molecule has 2 amide bonds. The molecule has 0 spiro atoms. The Morgan fingerprint density at radius 1 is 0.968 bits per heavy atom. The lowest BCUT2D eigenvalue weighted by Crippen LogP contribution is -2.49. The van der Waals surface area contributed by atoms with Gasteiger partial charge in [-0.15, -0.1) is 0 Å². The van der Waals surface area contributed by atoms with Gasteiger partial charge in [-0.2, -0.15) is 0 Å². The van der Waals surface area contributed by atoms with Crippen LogP contribution in [0.3, 0.4) is 0 Å². The van der Waals surface area contributed by atoms with E-state index in [0.29, 0.717) is 24.8 Å². The van der Waals surface area contributed by atoms with Gasteiger partial charge in [-0.1, -0.05) is 32.0 Å². The van der Waals surface area contributed by atoms with Crippen LogP contribution in [0.2, 0.25) is 0 Å². The summed E-state index contributed by atoms with van der Waals surface area (Å²) in [5, 5.41) is 2.92. The van der Waals surface area contributed by atoms with Crippen molar-refractivity contribution >= 4 is 11.8 Å². The van der Waals surface area contributed by atoms with E-state index in [2.05, 4.69) is 5.32 Å². The molecular weight excluding hydrogens is 392 g/mol. The summed E-state index contributed by atoms with van der Waals surface area (Å²) in [5.74, 6) is 1.29. The highest BCUT2D eigenvalue weighted by molar-refractivity contribution is 5.88. The Hall–Kier alpha value is -3.02. The van der Waals surface area contributed by atoms with Crippen molar-refractivity contribution in [1.82, 2.24) is 10.2 Å². The fourth-order valence-electron chi connectivity index (χ4n) is 3.21. The van der Waals surface area contributed by atoms with Crippen LogP contribution >= 0.6 is 0 Å². The van der Waals surface area contributed by atoms with Gasteiger partial charge in [0, 0.05) is 13.1 Å². The first-order chi connectivity index (χ1) is 14.7. The van der Waals surface area contributed by atoms with Gasteiger partial charge in [-0.25, -0.2) is 0 Å². The maximum atomic E-state index is 13.1. The van der Waals surface area contributed by atoms with E-state index in [4.69, 9.17) is 9.47 Å². The van der Waals surface area contributed by atoms with Crippen molar-refractivity contribution in [2.24, 2.45) is 5.92 Å². The summed E-state index contributed by atoms with van der Waals surface area (Å²) < 4.78 is 11.0. The number of benzene rings is 2. The third-order valence-corrected chi connectivity index (χ3v) is 4.92. The number of aryl methyl sites for hydroxylation is 2. The van der Waals surface area contributed by atoms with Crippen molar-refractivity contribution in [3.63, 3.8) is 0 Å². The smallest absolute Gasteiger partial charge is 0.261 e. The number of amides is 2. The van der Waals surface area contributed by atoms with Crippen LogP contribution in [0, 0.1) is 19.8 Å². The van der Waals surface area contributed by atoms with Gasteiger partial charge in [0.25, 0.3) is 5.91 Å². The van der Waals surface area contributed by atoms with Gasteiger partial charge in [-0.3, -0.25) is 9.59 Å². The number of hydrogen-bond acceptors (Lipinski definition) is 4. The first kappa shape index (κ1) is 24.3. The lowest BCUT2D eigenvalue weighted by molar-refractivity contribution is -0.142. The van der Waals surface area contributed by atoms with Crippen molar-refractivity contribution in [3.05, 3.63) is 59.2 Å². The lowest BCUT2D eigenvalue weighted by Gasteiger charge is -2.29. The molecule has 6 heteroatoms. The largest absolute Gasteiger partial charge is 0.497 e. The molecule has 2 aromatic carbocycles. The molecule has 0 fully saturated rings. The van der Waals surface area contributed by atoms with E-state index >= 15 is 0 Å². The molecule has 0 saturated heterocycles. The number of hydrogen-bond donors (Lipinski definition) is 1. The van der Waals surface area contributed by atoms with E-state index in [1.54, 1.807) is 18.9 Å². The van der Waals surface area contributed by atoms with Gasteiger partial charge >= 0.3 is 0 Å². The number of nitrogens with zero attached hydrogens (tertiary/aromatic N) is 1. The zero-order valence-corrected chi connectivity index (χ0v) is 19.4. The number of rotatable bonds is 10. The number of nitrogens with one attached hydrogen (secondary N) is 1. The highest BCUT2D eigenvalue weighted by atomic mass is 16.5. The van der Waals surface area contributed by atoms with E-state index in [1.807, 2.05) is 70.2 Å². The van der Waals surface area contributed by atoms with Gasteiger partial charge in [0.15, 0.2) is 6.61 Å². The van der Waals surface area contributed by atoms with Crippen LogP contribution < -0.4 is 14.8 Å². The van der Waals surface area contributed by atoms with Gasteiger partial charge in [0.1, 0.15) is 17.5 Å². The van der Waals surface area contributed by atoms with Crippen molar-refractivity contribution in [2.45, 2.75) is 47.2 Å². The monoisotopic (exact) mass is 426 g/mol. The highest BCUT2D eigenvalue weighted by Crippen LogP contribution is 2.18. The number of methoxy groups -OCH3 is 1. The minimum Gasteiger partial charge on any atom is -0.497 e. The zero-order chi connectivity index (χ0) is 23.0. The Morgan fingerprint density at radius 3 is 2.13 bits per heavy atom. The normalized spacial score (nSPS) is 11.7. The third kappa shape index (κ3) is 7.63. The number of carbonyl (C=O) groups excluding carboxylic acids is 2. The Morgan fingerprint density at radius 2 is 1.58 bits per heavy atom. The molecule has 0 aliphatic rings. The summed E-state index contributed by atoms with van der Waals surface area (Å²) in [6.45, 7) is 10.5. The van der Waals surface area contributed by atoms with Crippen LogP contribution in [0.15, 0.2) is 42.5 Å². The molecule has 0 aromatic heterocycles. The predicted octanol–water partition coefficient (Wildman–Crippen LogP) is 3.88. The summed E-state index contributed by atoms with van der Waals surface area (Å²) in [5.41, 5.74) is 3.04. The van der Waals surface area contributed by atoms with Crippen molar-refractivity contribution < 1.29 is 19.1 Å². The van der Waals surface area contributed by atoms with Crippen LogP contribution in [0.25, 0.3) is 0 Å². The van der Waals surface area contributed by atoms with E-state index in [0.717, 1.165) is 22.4 Å². The van der Waals surface area contributed by atoms with Crippen LogP contribution in [0.5, 0.6) is 11.5 Å². The molecule has 0 heterocycles. The van der Waals surface area contributed by atoms with E-state index in [9.17, 15) is 9.59 Å². The standard InChI is InChI=1S/C25H34N2O4/c1-17(2)14-26-25(29)20(5)27(15-21-7-9-22(30-6)10-8-21)24(28)16-31-23-12-18(3)11-19(4)13-23/h7-13,17,20H,14-16H2,1-6H3,(H,26,29). The number of ether oxygens (including phenoxy) is 2. The Balaban J connectivity index is 2.15. The summed E-state index contributed by atoms with van der Waals surface area (Å²) >= 11 is 0. The molecule has 1 N–H and O–H groups in total. The predicted molar refractivity (Wildman–Crippen MR) is 122 cm³/mol. The minimum atomic E-state index is -0.629. The molecule has 1 unspecified atom stereocenters. The van der Waals surface area contributed by atoms with E-state index in [1.165, 1.54) is 0 Å². The Labute approximate surface area is 185 Å². The van der Waals surface area contributed by atoms with Gasteiger partial charge < -0.3 is 19.7 Å². The molecule has 0 bridgehead atoms. The molecule has 2 aromatic rings. The summed E-state index contributed by atoms with van der Waals surface area (Å²) in [6, 6.07) is 12.7. The molecule has 31 heavy (non-hydrogen) atoms. The molecule has 6 nitrogen and oxygen atoms in total. The van der Waals surface area contributed by atoms with Crippen molar-refractivity contribution in [1.29, 1.82) is 0 Å². The Bertz CT molecular complexity index is 857. The molecule has 0 saturated carbocycles. The fourth-order valence-corrected chi connectivity index (χ4v) is 3.21. The van der Waals surface area contributed by atoms with E-state index in [-0.39, 0.29) is 18.4 Å². The maximum Gasteiger partial charge on any atom is 0.261 e. The topological polar surface area (TPSA) is 67.9 Å².